The van der Waals surface area contributed by atoms with Gasteiger partial charge in [0.1, 0.15) is 0 Å². The van der Waals surface area contributed by atoms with Gasteiger partial charge in [0, 0.05) is 5.41 Å². The molecule has 0 aliphatic carbocycles. The van der Waals surface area contributed by atoms with E-state index < -0.39 is 5.41 Å². The van der Waals surface area contributed by atoms with Crippen LogP contribution in [-0.2, 0) is 4.79 Å². The zero-order valence-electron chi connectivity index (χ0n) is 10.2. The number of hydrazone groups is 1. The first-order valence-electron chi connectivity index (χ1n) is 5.21. The summed E-state index contributed by atoms with van der Waals surface area (Å²) in [4.78, 5) is 11.8. The highest BCUT2D eigenvalue weighted by Crippen LogP contribution is 2.25. The molecule has 1 N–H and O–H groups in total. The fourth-order valence-electron chi connectivity index (χ4n) is 1.04. The number of Topliss-reactive ketones (excluding diaryl/α,β-unsaturated/α-hetero) is 1. The summed E-state index contributed by atoms with van der Waals surface area (Å²) in [7, 11) is 0. The Morgan fingerprint density at radius 1 is 1.28 bits per heavy atom. The smallest absolute Gasteiger partial charge is 0.195 e. The molecule has 0 saturated heterocycles. The largest absolute Gasteiger partial charge is 0.291 e. The lowest BCUT2D eigenvalue weighted by Crippen LogP contribution is -2.25. The van der Waals surface area contributed by atoms with Crippen LogP contribution in [0.25, 0.3) is 0 Å². The molecule has 6 heteroatoms. The number of halogens is 3. The van der Waals surface area contributed by atoms with Gasteiger partial charge in [-0.25, -0.2) is 0 Å². The van der Waals surface area contributed by atoms with E-state index in [0.29, 0.717) is 15.7 Å². The van der Waals surface area contributed by atoms with Crippen molar-refractivity contribution < 1.29 is 4.79 Å². The Morgan fingerprint density at radius 3 is 2.39 bits per heavy atom. The summed E-state index contributed by atoms with van der Waals surface area (Å²) in [5.41, 5.74) is 2.91. The topological polar surface area (TPSA) is 41.5 Å². The van der Waals surface area contributed by atoms with Gasteiger partial charge < -0.3 is 0 Å². The minimum absolute atomic E-state index is 0.0879. The van der Waals surface area contributed by atoms with Gasteiger partial charge in [0.15, 0.2) is 10.4 Å². The van der Waals surface area contributed by atoms with Crippen molar-refractivity contribution in [1.29, 1.82) is 0 Å². The number of hydrogen-bond acceptors (Lipinski definition) is 3. The second kappa shape index (κ2) is 6.04. The highest BCUT2D eigenvalue weighted by Gasteiger charge is 2.24. The van der Waals surface area contributed by atoms with Gasteiger partial charge in [-0.15, -0.1) is 0 Å². The minimum Gasteiger partial charge on any atom is -0.291 e. The standard InChI is InChI=1S/C12H13BrCl2N2O/c1-12(2,3)10(18)11(13)17-16-7-4-5-8(14)9(15)6-7/h4-6,16H,1-3H3/b17-11-. The Labute approximate surface area is 125 Å². The average molecular weight is 352 g/mol. The highest BCUT2D eigenvalue weighted by atomic mass is 79.9. The fraction of sp³-hybridized carbons (Fsp3) is 0.333. The second-order valence-corrected chi connectivity index (χ2v) is 6.29. The number of carbonyl (C=O) groups excluding carboxylic acids is 1. The number of hydrogen-bond donors (Lipinski definition) is 1. The van der Waals surface area contributed by atoms with E-state index in [1.807, 2.05) is 20.8 Å². The molecule has 0 unspecified atom stereocenters. The van der Waals surface area contributed by atoms with Crippen LogP contribution >= 0.6 is 39.1 Å². The molecular formula is C12H13BrCl2N2O. The lowest BCUT2D eigenvalue weighted by atomic mass is 9.92. The van der Waals surface area contributed by atoms with Crippen LogP contribution in [0, 0.1) is 5.41 Å². The lowest BCUT2D eigenvalue weighted by molar-refractivity contribution is -0.119. The number of nitrogens with one attached hydrogen (secondary N) is 1. The first-order chi connectivity index (χ1) is 8.21. The summed E-state index contributed by atoms with van der Waals surface area (Å²) in [6.07, 6.45) is 0. The summed E-state index contributed by atoms with van der Waals surface area (Å²) >= 11 is 14.8. The predicted molar refractivity (Wildman–Crippen MR) is 80.9 cm³/mol. The first kappa shape index (κ1) is 15.5. The summed E-state index contributed by atoms with van der Waals surface area (Å²) in [5.74, 6) is -0.0879. The highest BCUT2D eigenvalue weighted by molar-refractivity contribution is 9.19. The van der Waals surface area contributed by atoms with Gasteiger partial charge in [-0.1, -0.05) is 44.0 Å². The monoisotopic (exact) mass is 350 g/mol. The van der Waals surface area contributed by atoms with E-state index in [1.54, 1.807) is 18.2 Å². The Hall–Kier alpha value is -0.580. The van der Waals surface area contributed by atoms with Gasteiger partial charge >= 0.3 is 0 Å². The molecule has 18 heavy (non-hydrogen) atoms. The van der Waals surface area contributed by atoms with Crippen LogP contribution in [0.3, 0.4) is 0 Å². The van der Waals surface area contributed by atoms with Crippen molar-refractivity contribution in [3.8, 4) is 0 Å². The van der Waals surface area contributed by atoms with Crippen LogP contribution in [0.2, 0.25) is 10.0 Å². The molecule has 0 aromatic heterocycles. The molecule has 0 radical (unpaired) electrons. The van der Waals surface area contributed by atoms with Gasteiger partial charge in [0.2, 0.25) is 0 Å². The van der Waals surface area contributed by atoms with E-state index in [0.717, 1.165) is 0 Å². The molecule has 0 saturated carbocycles. The molecule has 1 aromatic carbocycles. The molecule has 0 atom stereocenters. The number of benzene rings is 1. The summed E-state index contributed by atoms with van der Waals surface area (Å²) in [6.45, 7) is 5.47. The molecule has 0 spiro atoms. The zero-order valence-corrected chi connectivity index (χ0v) is 13.3. The summed E-state index contributed by atoms with van der Waals surface area (Å²) < 4.78 is 0.237. The second-order valence-electron chi connectivity index (χ2n) is 4.72. The van der Waals surface area contributed by atoms with Crippen molar-refractivity contribution in [2.75, 3.05) is 5.43 Å². The lowest BCUT2D eigenvalue weighted by Gasteiger charge is -2.14. The third-order valence-electron chi connectivity index (χ3n) is 2.07. The third kappa shape index (κ3) is 4.26. The van der Waals surface area contributed by atoms with E-state index in [4.69, 9.17) is 23.2 Å². The fourth-order valence-corrected chi connectivity index (χ4v) is 2.02. The maximum Gasteiger partial charge on any atom is 0.195 e. The number of rotatable bonds is 3. The zero-order chi connectivity index (χ0) is 13.9. The number of carbonyl (C=O) groups is 1. The maximum absolute atomic E-state index is 11.8. The van der Waals surface area contributed by atoms with E-state index >= 15 is 0 Å². The van der Waals surface area contributed by atoms with Crippen LogP contribution in [-0.4, -0.2) is 10.4 Å². The molecule has 0 fully saturated rings. The van der Waals surface area contributed by atoms with Crippen LogP contribution in [0.4, 0.5) is 5.69 Å². The number of anilines is 1. The molecule has 1 aromatic rings. The van der Waals surface area contributed by atoms with Crippen molar-refractivity contribution in [3.63, 3.8) is 0 Å². The SMILES string of the molecule is CC(C)(C)C(=O)/C(Br)=N/Nc1ccc(Cl)c(Cl)c1. The van der Waals surface area contributed by atoms with E-state index in [9.17, 15) is 4.79 Å². The maximum atomic E-state index is 11.8. The molecule has 3 nitrogen and oxygen atoms in total. The molecule has 0 aliphatic heterocycles. The van der Waals surface area contributed by atoms with Crippen molar-refractivity contribution >= 4 is 55.2 Å². The Bertz CT molecular complexity index is 495. The van der Waals surface area contributed by atoms with Crippen molar-refractivity contribution in [2.45, 2.75) is 20.8 Å². The van der Waals surface area contributed by atoms with Crippen molar-refractivity contribution in [1.82, 2.24) is 0 Å². The predicted octanol–water partition coefficient (Wildman–Crippen LogP) is 4.73. The van der Waals surface area contributed by atoms with Gasteiger partial charge in [-0.3, -0.25) is 10.2 Å². The number of nitrogens with zero attached hydrogens (tertiary/aromatic N) is 1. The molecular weight excluding hydrogens is 339 g/mol. The number of ketones is 1. The van der Waals surface area contributed by atoms with Gasteiger partial charge in [0.25, 0.3) is 0 Å². The Balaban J connectivity index is 2.80. The minimum atomic E-state index is -0.484. The van der Waals surface area contributed by atoms with Crippen LogP contribution in [0.15, 0.2) is 23.3 Å². The molecule has 1 rings (SSSR count). The van der Waals surface area contributed by atoms with E-state index in [-0.39, 0.29) is 10.4 Å². The molecule has 0 bridgehead atoms. The van der Waals surface area contributed by atoms with Gasteiger partial charge in [-0.05, 0) is 34.1 Å². The molecule has 98 valence electrons. The van der Waals surface area contributed by atoms with Crippen molar-refractivity contribution in [3.05, 3.63) is 28.2 Å². The quantitative estimate of drug-likeness (QED) is 0.631. The van der Waals surface area contributed by atoms with Crippen molar-refractivity contribution in [2.24, 2.45) is 10.5 Å². The van der Waals surface area contributed by atoms with Gasteiger partial charge in [-0.2, -0.15) is 5.10 Å². The third-order valence-corrected chi connectivity index (χ3v) is 3.35. The van der Waals surface area contributed by atoms with Gasteiger partial charge in [0.05, 0.1) is 15.7 Å². The summed E-state index contributed by atoms with van der Waals surface area (Å²) in [6, 6.07) is 5.01. The molecule has 0 amide bonds. The van der Waals surface area contributed by atoms with Crippen LogP contribution < -0.4 is 5.43 Å². The molecule has 0 aliphatic rings. The van der Waals surface area contributed by atoms with Crippen LogP contribution in [0.5, 0.6) is 0 Å². The molecule has 0 heterocycles. The first-order valence-corrected chi connectivity index (χ1v) is 6.76. The average Bonchev–Trinajstić information content (AvgIpc) is 2.28. The Morgan fingerprint density at radius 2 is 1.89 bits per heavy atom. The Kier molecular flexibility index (Phi) is 5.20. The van der Waals surface area contributed by atoms with E-state index in [2.05, 4.69) is 26.5 Å². The van der Waals surface area contributed by atoms with E-state index in [1.165, 1.54) is 0 Å². The normalized spacial score (nSPS) is 12.4. The van der Waals surface area contributed by atoms with Crippen LogP contribution in [0.1, 0.15) is 20.8 Å². The summed E-state index contributed by atoms with van der Waals surface area (Å²) in [5, 5.41) is 4.86.